The Morgan fingerprint density at radius 2 is 1.07 bits per heavy atom. The quantitative estimate of drug-likeness (QED) is 0.00983. The summed E-state index contributed by atoms with van der Waals surface area (Å²) in [5, 5.41) is 71.6. The van der Waals surface area contributed by atoms with E-state index < -0.39 is 157 Å². The van der Waals surface area contributed by atoms with Crippen LogP contribution in [-0.2, 0) is 103 Å². The normalized spacial score (nSPS) is 18.2. The van der Waals surface area contributed by atoms with E-state index in [1.807, 2.05) is 4.90 Å². The molecule has 40 nitrogen and oxygen atoms in total. The maximum absolute atomic E-state index is 13.6. The Hall–Kier alpha value is -8.25. The lowest BCUT2D eigenvalue weighted by atomic mass is 9.87. The number of carboxylic acids is 2. The van der Waals surface area contributed by atoms with Gasteiger partial charge in [-0.25, -0.2) is 42.2 Å². The van der Waals surface area contributed by atoms with Crippen molar-refractivity contribution in [3.8, 4) is 5.75 Å². The number of carbonyl (C=O) groups excluding carboxylic acids is 4. The van der Waals surface area contributed by atoms with Crippen LogP contribution in [0, 0.1) is 23.4 Å². The van der Waals surface area contributed by atoms with Crippen LogP contribution in [0.2, 0.25) is 0 Å². The lowest BCUT2D eigenvalue weighted by Crippen LogP contribution is -2.61. The average Bonchev–Trinajstić information content (AvgIpc) is 1.16. The average molecular weight is 1540 g/mol. The van der Waals surface area contributed by atoms with Gasteiger partial charge in [-0.1, -0.05) is 12.1 Å². The van der Waals surface area contributed by atoms with Crippen molar-refractivity contribution in [1.29, 1.82) is 0 Å². The number of aromatic nitrogens is 3. The minimum atomic E-state index is -1.84. The van der Waals surface area contributed by atoms with Crippen molar-refractivity contribution >= 4 is 47.7 Å². The number of hydrogen-bond donors (Lipinski definition) is 11. The number of likely N-dealkylation sites (N-methyl/N-ethyl adjacent to an activating group) is 2. The minimum absolute atomic E-state index is 0.0288. The number of carbonyl (C=O) groups is 6. The molecule has 1 unspecified atom stereocenters. The number of aliphatic imine (C=N–C) groups is 2. The number of aliphatic hydroxyl groups is 4. The number of nitrogens with two attached hydrogens (primary N) is 4. The topological polar surface area (TPSA) is 544 Å². The molecule has 3 amide bonds. The highest BCUT2D eigenvalue weighted by atomic mass is 19.1. The molecule has 2 aliphatic rings. The summed E-state index contributed by atoms with van der Waals surface area (Å²) in [6.45, 7) is 6.32. The predicted molar refractivity (Wildman–Crippen MR) is 364 cm³/mol. The summed E-state index contributed by atoms with van der Waals surface area (Å²) in [6.07, 6.45) is -6.79. The number of ether oxygens (including phenoxy) is 15. The first-order valence-electron chi connectivity index (χ1n) is 34.0. The number of nitrogens with zero attached hydrogens (tertiary/aromatic N) is 8. The number of aliphatic carboxylic acids is 2. The largest absolute Gasteiger partial charge is 0.480 e. The molecule has 0 fully saturated rings. The monoisotopic (exact) mass is 1540 g/mol. The third kappa shape index (κ3) is 35.6. The van der Waals surface area contributed by atoms with Crippen LogP contribution >= 0.6 is 0 Å². The minimum Gasteiger partial charge on any atom is -0.480 e. The highest BCUT2D eigenvalue weighted by Crippen LogP contribution is 2.31. The van der Waals surface area contributed by atoms with Gasteiger partial charge in [0.2, 0.25) is 29.1 Å². The fourth-order valence-corrected chi connectivity index (χ4v) is 9.84. The van der Waals surface area contributed by atoms with E-state index in [1.54, 1.807) is 17.8 Å². The van der Waals surface area contributed by atoms with Gasteiger partial charge in [-0.15, -0.1) is 5.10 Å². The number of aliphatic hydroxyl groups excluding tert-OH is 4. The third-order valence-electron chi connectivity index (χ3n) is 15.5. The molecule has 0 saturated heterocycles. The van der Waals surface area contributed by atoms with E-state index in [2.05, 4.69) is 30.4 Å². The molecule has 0 radical (unpaired) electrons. The summed E-state index contributed by atoms with van der Waals surface area (Å²) in [5.74, 6) is -12.6. The van der Waals surface area contributed by atoms with Crippen molar-refractivity contribution in [2.24, 2.45) is 38.8 Å². The van der Waals surface area contributed by atoms with Crippen molar-refractivity contribution in [1.82, 2.24) is 35.0 Å². The molecule has 606 valence electrons. The molecule has 0 aliphatic carbocycles. The fraction of sp³-hybridized carbons (Fsp3) is 0.688. The van der Waals surface area contributed by atoms with E-state index in [9.17, 15) is 72.6 Å². The van der Waals surface area contributed by atoms with E-state index in [4.69, 9.17) is 89.3 Å². The van der Waals surface area contributed by atoms with Crippen molar-refractivity contribution in [3.05, 3.63) is 65.1 Å². The van der Waals surface area contributed by atoms with Crippen molar-refractivity contribution in [2.75, 3.05) is 192 Å². The van der Waals surface area contributed by atoms with Gasteiger partial charge in [0.05, 0.1) is 183 Å². The Kier molecular flexibility index (Phi) is 43.6. The molecule has 1 aromatic carbocycles. The number of esters is 1. The molecule has 15 N–H and O–H groups in total. The van der Waals surface area contributed by atoms with E-state index >= 15 is 0 Å². The smallest absolute Gasteiger partial charge is 0.410 e. The first-order valence-corrected chi connectivity index (χ1v) is 34.0. The van der Waals surface area contributed by atoms with Gasteiger partial charge in [0.15, 0.2) is 35.8 Å². The summed E-state index contributed by atoms with van der Waals surface area (Å²) >= 11 is 0. The van der Waals surface area contributed by atoms with Gasteiger partial charge < -0.3 is 140 Å². The van der Waals surface area contributed by atoms with Gasteiger partial charge in [-0.3, -0.25) is 19.3 Å². The van der Waals surface area contributed by atoms with Gasteiger partial charge in [0.1, 0.15) is 42.5 Å². The highest BCUT2D eigenvalue weighted by Gasteiger charge is 2.47. The number of carboxylic acid groups (broad SMARTS) is 2. The van der Waals surface area contributed by atoms with Crippen LogP contribution in [0.1, 0.15) is 26.0 Å². The summed E-state index contributed by atoms with van der Waals surface area (Å²) in [4.78, 5) is 87.2. The number of halogens is 3. The van der Waals surface area contributed by atoms with Gasteiger partial charge in [0, 0.05) is 71.8 Å². The number of rotatable bonds is 57. The molecule has 2 aliphatic heterocycles. The zero-order chi connectivity index (χ0) is 78.6. The van der Waals surface area contributed by atoms with Crippen molar-refractivity contribution in [2.45, 2.75) is 88.2 Å². The molecule has 10 atom stereocenters. The summed E-state index contributed by atoms with van der Waals surface area (Å²) < 4.78 is 125. The van der Waals surface area contributed by atoms with Crippen molar-refractivity contribution in [3.63, 3.8) is 0 Å². The van der Waals surface area contributed by atoms with Gasteiger partial charge in [0.25, 0.3) is 0 Å². The first kappa shape index (κ1) is 91.1. The molecular formula is C64H102F3N13O27. The van der Waals surface area contributed by atoms with Crippen LogP contribution < -0.4 is 33.0 Å². The Morgan fingerprint density at radius 1 is 0.617 bits per heavy atom. The van der Waals surface area contributed by atoms with Gasteiger partial charge in [-0.2, -0.15) is 0 Å². The maximum atomic E-state index is 13.6. The molecular weight excluding hydrogens is 1440 g/mol. The van der Waals surface area contributed by atoms with Crippen LogP contribution in [0.3, 0.4) is 0 Å². The van der Waals surface area contributed by atoms with Crippen LogP contribution in [-0.4, -0.2) is 355 Å². The molecule has 1 aromatic heterocycles. The Morgan fingerprint density at radius 3 is 1.58 bits per heavy atom. The fourth-order valence-electron chi connectivity index (χ4n) is 9.84. The van der Waals surface area contributed by atoms with Gasteiger partial charge >= 0.3 is 24.0 Å². The molecule has 2 aromatic rings. The number of guanidine groups is 2. The summed E-state index contributed by atoms with van der Waals surface area (Å²) in [5.41, 5.74) is 22.9. The number of hydrogen-bond acceptors (Lipinski definition) is 30. The molecule has 0 bridgehead atoms. The maximum Gasteiger partial charge on any atom is 0.410 e. The van der Waals surface area contributed by atoms with Crippen LogP contribution in [0.4, 0.5) is 18.0 Å². The van der Waals surface area contributed by atoms with E-state index in [-0.39, 0.29) is 118 Å². The highest BCUT2D eigenvalue weighted by molar-refractivity contribution is 5.86. The first-order chi connectivity index (χ1) is 51.2. The SMILES string of the molecule is CC(=O)N[C@@H]1[C@@H](N=C(N)N)C=C(C(=O)O)O[C@H]1C(OC(=O)N(C)CCOCCN(CCOCCOCCOCCOCc1cn(CCOCCOCCOCCOCCC(=O)Oc2c(F)cc(F)cc2F)nn1)CCOCCN(C)C(=O)CO[C@@H]([C@@H]1OC(C(=O)O)=C[C@H](N=C(N)N)[C@H]1C)[C@H](O)CO)[C@H](O)CO. The number of nitrogens with one attached hydrogen (secondary N) is 1. The Balaban J connectivity index is 1.13. The lowest BCUT2D eigenvalue weighted by molar-refractivity contribution is -0.164. The standard InChI is InChI=1S/C64H102F3N13O27/c1-40-46(73-62(68)69)33-50(60(88)89)104-55(40)57(48(84)36-81)103-39-52(86)77(3)6-13-94-15-8-79(9-16-95-14-7-78(4)64(92)107-58(49(85)37-82)59-54(72-41(2)83)47(74-63(70)71)34-51(105-59)61(90)91)10-17-96-20-23-99-27-28-101-29-30-102-38-43-35-80(76-75-43)11-18-97-21-24-100-26-25-98-22-19-93-12-5-53(87)106-56-44(66)31-42(65)32-45(56)67/h31-35,40,46-49,54-55,57-59,81-82,84-85H,5-30,36-39H2,1-4H3,(H,72,83)(H,88,89)(H,90,91)(H4,68,69,73)(H4,70,71,74)/t40-,46+,47+,48-,49-,54-,55-,57-,58?,59-/m1/s1. The lowest BCUT2D eigenvalue weighted by Gasteiger charge is -2.40. The molecule has 3 heterocycles. The molecule has 0 saturated carbocycles. The zero-order valence-corrected chi connectivity index (χ0v) is 60.2. The van der Waals surface area contributed by atoms with E-state index in [0.29, 0.717) is 83.6 Å². The van der Waals surface area contributed by atoms with E-state index in [1.165, 1.54) is 25.1 Å². The summed E-state index contributed by atoms with van der Waals surface area (Å²) in [7, 11) is 2.85. The van der Waals surface area contributed by atoms with E-state index in [0.717, 1.165) is 17.9 Å². The molecule has 107 heavy (non-hydrogen) atoms. The van der Waals surface area contributed by atoms with Crippen LogP contribution in [0.15, 0.2) is 52.0 Å². The van der Waals surface area contributed by atoms with Crippen LogP contribution in [0.5, 0.6) is 5.75 Å². The zero-order valence-electron chi connectivity index (χ0n) is 60.2. The number of benzene rings is 1. The van der Waals surface area contributed by atoms with Crippen molar-refractivity contribution < 1.29 is 144 Å². The Bertz CT molecular complexity index is 3100. The Labute approximate surface area is 614 Å². The third-order valence-corrected chi connectivity index (χ3v) is 15.5. The van der Waals surface area contributed by atoms with Gasteiger partial charge in [-0.05, 0) is 12.2 Å². The summed E-state index contributed by atoms with van der Waals surface area (Å²) in [6, 6.07) is -2.64. The molecule has 43 heteroatoms. The second-order valence-corrected chi connectivity index (χ2v) is 23.7. The number of amides is 3. The molecule has 4 rings (SSSR count). The predicted octanol–water partition coefficient (Wildman–Crippen LogP) is -4.19. The second kappa shape index (κ2) is 51.1. The molecule has 0 spiro atoms. The van der Waals surface area contributed by atoms with Crippen LogP contribution in [0.25, 0.3) is 0 Å². The second-order valence-electron chi connectivity index (χ2n) is 23.7.